The number of piperidine rings is 1. The van der Waals surface area contributed by atoms with Crippen molar-refractivity contribution in [3.8, 4) is 23.0 Å². The van der Waals surface area contributed by atoms with E-state index in [1.807, 2.05) is 4.90 Å². The van der Waals surface area contributed by atoms with Crippen LogP contribution in [-0.2, 0) is 6.54 Å². The average Bonchev–Trinajstić information content (AvgIpc) is 2.73. The molecule has 1 fully saturated rings. The molecule has 0 radical (unpaired) electrons. The number of likely N-dealkylation sites (tertiary alicyclic amines) is 1. The molecule has 0 unspecified atom stereocenters. The normalized spacial score (nSPS) is 19.7. The summed E-state index contributed by atoms with van der Waals surface area (Å²) in [5.41, 5.74) is 0.138. The maximum Gasteiger partial charge on any atom is 0.167 e. The lowest BCUT2D eigenvalue weighted by Gasteiger charge is -2.36. The zero-order valence-electron chi connectivity index (χ0n) is 16.7. The van der Waals surface area contributed by atoms with E-state index in [2.05, 4.69) is 0 Å². The van der Waals surface area contributed by atoms with E-state index in [1.165, 1.54) is 20.3 Å². The molecule has 0 amide bonds. The molecule has 2 aromatic carbocycles. The minimum absolute atomic E-state index is 0.132. The van der Waals surface area contributed by atoms with Gasteiger partial charge in [0.25, 0.3) is 0 Å². The number of aliphatic hydroxyl groups is 1. The average molecular weight is 409 g/mol. The number of hydrogen-bond donors (Lipinski definition) is 1. The van der Waals surface area contributed by atoms with Crippen molar-refractivity contribution in [2.45, 2.75) is 25.2 Å². The van der Waals surface area contributed by atoms with Crippen LogP contribution in [0, 0.1) is 11.6 Å². The Labute approximate surface area is 168 Å². The number of β-amino-alcohol motifs (C(OH)–C–C–N with tert-alkyl or cyclic N) is 1. The quantitative estimate of drug-likeness (QED) is 0.759. The number of methoxy groups -OCH3 is 3. The molecule has 1 saturated heterocycles. The molecule has 1 heterocycles. The van der Waals surface area contributed by atoms with Crippen molar-refractivity contribution >= 4 is 0 Å². The number of benzene rings is 2. The van der Waals surface area contributed by atoms with Gasteiger partial charge in [-0.25, -0.2) is 8.78 Å². The molecule has 6 nitrogen and oxygen atoms in total. The lowest BCUT2D eigenvalue weighted by molar-refractivity contribution is -0.0279. The molecular formula is C21H25F2NO5. The summed E-state index contributed by atoms with van der Waals surface area (Å²) in [5.74, 6) is 0.0996. The van der Waals surface area contributed by atoms with Gasteiger partial charge in [0, 0.05) is 31.3 Å². The second-order valence-corrected chi connectivity index (χ2v) is 6.81. The van der Waals surface area contributed by atoms with Crippen LogP contribution in [0.1, 0.15) is 12.0 Å². The second-order valence-electron chi connectivity index (χ2n) is 6.81. The third-order valence-corrected chi connectivity index (χ3v) is 5.00. The molecule has 0 bridgehead atoms. The van der Waals surface area contributed by atoms with Crippen LogP contribution in [0.25, 0.3) is 0 Å². The van der Waals surface area contributed by atoms with Crippen LogP contribution in [0.5, 0.6) is 23.0 Å². The van der Waals surface area contributed by atoms with Crippen molar-refractivity contribution in [3.63, 3.8) is 0 Å². The first-order valence-corrected chi connectivity index (χ1v) is 9.26. The predicted molar refractivity (Wildman–Crippen MR) is 103 cm³/mol. The molecule has 0 saturated carbocycles. The number of ether oxygens (including phenoxy) is 4. The highest BCUT2D eigenvalue weighted by atomic mass is 19.2. The van der Waals surface area contributed by atoms with Gasteiger partial charge in [-0.1, -0.05) is 0 Å². The van der Waals surface area contributed by atoms with Crippen molar-refractivity contribution in [1.82, 2.24) is 4.90 Å². The first-order valence-electron chi connectivity index (χ1n) is 9.26. The van der Waals surface area contributed by atoms with Gasteiger partial charge < -0.3 is 24.1 Å². The van der Waals surface area contributed by atoms with Crippen LogP contribution in [0.2, 0.25) is 0 Å². The summed E-state index contributed by atoms with van der Waals surface area (Å²) in [6.45, 7) is 0.943. The largest absolute Gasteiger partial charge is 0.496 e. The van der Waals surface area contributed by atoms with Crippen LogP contribution < -0.4 is 18.9 Å². The summed E-state index contributed by atoms with van der Waals surface area (Å²) in [7, 11) is 4.50. The number of rotatable bonds is 7. The second kappa shape index (κ2) is 9.28. The van der Waals surface area contributed by atoms with Gasteiger partial charge in [0.2, 0.25) is 0 Å². The van der Waals surface area contributed by atoms with E-state index in [0.717, 1.165) is 6.07 Å². The minimum Gasteiger partial charge on any atom is -0.496 e. The Balaban J connectivity index is 1.65. The van der Waals surface area contributed by atoms with Crippen molar-refractivity contribution < 1.29 is 32.8 Å². The van der Waals surface area contributed by atoms with Gasteiger partial charge in [0.1, 0.15) is 23.7 Å². The van der Waals surface area contributed by atoms with Gasteiger partial charge in [0.15, 0.2) is 23.1 Å². The molecular weight excluding hydrogens is 384 g/mol. The van der Waals surface area contributed by atoms with Gasteiger partial charge in [-0.2, -0.15) is 0 Å². The Morgan fingerprint density at radius 1 is 1.00 bits per heavy atom. The van der Waals surface area contributed by atoms with Crippen LogP contribution >= 0.6 is 0 Å². The topological polar surface area (TPSA) is 60.4 Å². The number of hydrogen-bond acceptors (Lipinski definition) is 6. The summed E-state index contributed by atoms with van der Waals surface area (Å²) in [4.78, 5) is 1.85. The maximum atomic E-state index is 14.2. The lowest BCUT2D eigenvalue weighted by atomic mass is 10.0. The Kier molecular flexibility index (Phi) is 6.76. The first-order chi connectivity index (χ1) is 14.0. The highest BCUT2D eigenvalue weighted by Crippen LogP contribution is 2.32. The van der Waals surface area contributed by atoms with Gasteiger partial charge in [-0.05, 0) is 30.7 Å². The summed E-state index contributed by atoms with van der Waals surface area (Å²) in [6.07, 6.45) is -0.697. The van der Waals surface area contributed by atoms with Crippen molar-refractivity contribution in [2.75, 3.05) is 34.4 Å². The molecule has 2 atom stereocenters. The SMILES string of the molecule is COc1ccc(O[C@@H]2CCN(Cc3c(OC)ccc(F)c3F)C[C@H]2O)cc1OC. The van der Waals surface area contributed by atoms with E-state index < -0.39 is 23.8 Å². The molecule has 29 heavy (non-hydrogen) atoms. The van der Waals surface area contributed by atoms with E-state index in [9.17, 15) is 13.9 Å². The van der Waals surface area contributed by atoms with Gasteiger partial charge in [-0.15, -0.1) is 0 Å². The fourth-order valence-corrected chi connectivity index (χ4v) is 3.46. The Morgan fingerprint density at radius 2 is 1.69 bits per heavy atom. The molecule has 0 spiro atoms. The zero-order chi connectivity index (χ0) is 21.0. The molecule has 3 rings (SSSR count). The van der Waals surface area contributed by atoms with Crippen molar-refractivity contribution in [3.05, 3.63) is 47.5 Å². The van der Waals surface area contributed by atoms with E-state index in [-0.39, 0.29) is 24.4 Å². The summed E-state index contributed by atoms with van der Waals surface area (Å²) in [5, 5.41) is 10.5. The molecule has 1 aliphatic heterocycles. The number of nitrogens with zero attached hydrogens (tertiary/aromatic N) is 1. The molecule has 1 N–H and O–H groups in total. The molecule has 1 aliphatic rings. The van der Waals surface area contributed by atoms with Crippen molar-refractivity contribution in [2.24, 2.45) is 0 Å². The van der Waals surface area contributed by atoms with Gasteiger partial charge >= 0.3 is 0 Å². The first kappa shape index (κ1) is 21.1. The van der Waals surface area contributed by atoms with Crippen LogP contribution in [-0.4, -0.2) is 56.6 Å². The van der Waals surface area contributed by atoms with Crippen LogP contribution in [0.3, 0.4) is 0 Å². The summed E-state index contributed by atoms with van der Waals surface area (Å²) in [6, 6.07) is 7.61. The number of halogens is 2. The third kappa shape index (κ3) is 4.71. The molecule has 0 aromatic heterocycles. The van der Waals surface area contributed by atoms with Crippen LogP contribution in [0.4, 0.5) is 8.78 Å². The molecule has 8 heteroatoms. The molecule has 2 aromatic rings. The maximum absolute atomic E-state index is 14.2. The monoisotopic (exact) mass is 409 g/mol. The van der Waals surface area contributed by atoms with E-state index in [0.29, 0.717) is 30.2 Å². The van der Waals surface area contributed by atoms with Crippen LogP contribution in [0.15, 0.2) is 30.3 Å². The van der Waals surface area contributed by atoms with E-state index >= 15 is 0 Å². The number of aliphatic hydroxyl groups excluding tert-OH is 1. The Bertz CT molecular complexity index is 848. The summed E-state index contributed by atoms with van der Waals surface area (Å²) >= 11 is 0. The predicted octanol–water partition coefficient (Wildman–Crippen LogP) is 3.00. The highest BCUT2D eigenvalue weighted by molar-refractivity contribution is 5.45. The molecule has 0 aliphatic carbocycles. The molecule has 158 valence electrons. The lowest BCUT2D eigenvalue weighted by Crippen LogP contribution is -2.48. The Morgan fingerprint density at radius 3 is 2.34 bits per heavy atom. The summed E-state index contributed by atoms with van der Waals surface area (Å²) < 4.78 is 49.4. The Hall–Kier alpha value is -2.58. The fraction of sp³-hybridized carbons (Fsp3) is 0.429. The van der Waals surface area contributed by atoms with E-state index in [4.69, 9.17) is 18.9 Å². The third-order valence-electron chi connectivity index (χ3n) is 5.00. The minimum atomic E-state index is -0.928. The highest BCUT2D eigenvalue weighted by Gasteiger charge is 2.30. The van der Waals surface area contributed by atoms with Gasteiger partial charge in [0.05, 0.1) is 21.3 Å². The van der Waals surface area contributed by atoms with Gasteiger partial charge in [-0.3, -0.25) is 4.90 Å². The van der Waals surface area contributed by atoms with Crippen molar-refractivity contribution in [1.29, 1.82) is 0 Å². The smallest absolute Gasteiger partial charge is 0.167 e. The standard InChI is InChI=1S/C21H25F2NO5/c1-26-17-7-5-15(22)21(23)14(17)11-24-9-8-18(16(25)12-24)29-13-4-6-19(27-2)20(10-13)28-3/h4-7,10,16,18,25H,8-9,11-12H2,1-3H3/t16-,18-/m1/s1. The zero-order valence-corrected chi connectivity index (χ0v) is 16.7. The fourth-order valence-electron chi connectivity index (χ4n) is 3.46. The van der Waals surface area contributed by atoms with E-state index in [1.54, 1.807) is 25.3 Å².